The average Bonchev–Trinajstić information content (AvgIpc) is 2.71. The summed E-state index contributed by atoms with van der Waals surface area (Å²) in [5.41, 5.74) is 0.607. The molecular weight excluding hydrogens is 248 g/mol. The molecule has 2 rings (SSSR count). The summed E-state index contributed by atoms with van der Waals surface area (Å²) in [6.07, 6.45) is 0. The molecule has 1 saturated heterocycles. The first-order chi connectivity index (χ1) is 9.15. The van der Waals surface area contributed by atoms with Gasteiger partial charge >= 0.3 is 6.03 Å². The topological polar surface area (TPSA) is 67.9 Å². The lowest BCUT2D eigenvalue weighted by Crippen LogP contribution is -2.27. The van der Waals surface area contributed by atoms with Gasteiger partial charge in [0.15, 0.2) is 11.5 Å². The van der Waals surface area contributed by atoms with Gasteiger partial charge in [0.1, 0.15) is 6.54 Å². The minimum atomic E-state index is -0.420. The molecule has 6 heteroatoms. The van der Waals surface area contributed by atoms with Crippen LogP contribution in [0.3, 0.4) is 0 Å². The monoisotopic (exact) mass is 264 g/mol. The molecule has 19 heavy (non-hydrogen) atoms. The van der Waals surface area contributed by atoms with Crippen molar-refractivity contribution in [1.29, 1.82) is 0 Å². The molecule has 1 N–H and O–H groups in total. The number of carbonyl (C=O) groups is 2. The van der Waals surface area contributed by atoms with Crippen molar-refractivity contribution < 1.29 is 19.1 Å². The summed E-state index contributed by atoms with van der Waals surface area (Å²) in [5, 5.41) is 2.23. The molecule has 1 aromatic carbocycles. The Morgan fingerprint density at radius 3 is 2.42 bits per heavy atom. The number of urea groups is 1. The molecule has 3 amide bonds. The van der Waals surface area contributed by atoms with Crippen molar-refractivity contribution in [2.75, 3.05) is 24.7 Å². The summed E-state index contributed by atoms with van der Waals surface area (Å²) in [4.78, 5) is 24.1. The van der Waals surface area contributed by atoms with E-state index in [9.17, 15) is 9.59 Å². The summed E-state index contributed by atoms with van der Waals surface area (Å²) >= 11 is 0. The molecule has 1 aliphatic heterocycles. The molecule has 0 atom stereocenters. The Morgan fingerprint density at radius 1 is 1.16 bits per heavy atom. The van der Waals surface area contributed by atoms with Gasteiger partial charge < -0.3 is 9.47 Å². The van der Waals surface area contributed by atoms with Crippen LogP contribution >= 0.6 is 0 Å². The molecule has 0 spiro atoms. The Morgan fingerprint density at radius 2 is 1.84 bits per heavy atom. The average molecular weight is 264 g/mol. The second-order valence-electron chi connectivity index (χ2n) is 3.94. The third-order valence-electron chi connectivity index (χ3n) is 2.63. The second kappa shape index (κ2) is 5.60. The van der Waals surface area contributed by atoms with Gasteiger partial charge in [-0.15, -0.1) is 0 Å². The van der Waals surface area contributed by atoms with Gasteiger partial charge in [0.25, 0.3) is 0 Å². The smallest absolute Gasteiger partial charge is 0.329 e. The van der Waals surface area contributed by atoms with Crippen molar-refractivity contribution in [3.8, 4) is 11.5 Å². The molecule has 1 aromatic rings. The number of carbonyl (C=O) groups excluding carboxylic acids is 2. The number of rotatable bonds is 5. The lowest BCUT2D eigenvalue weighted by atomic mass is 10.2. The van der Waals surface area contributed by atoms with Crippen LogP contribution in [0.25, 0.3) is 0 Å². The maximum atomic E-state index is 11.6. The molecule has 0 saturated carbocycles. The van der Waals surface area contributed by atoms with E-state index in [1.165, 1.54) is 4.90 Å². The zero-order valence-electron chi connectivity index (χ0n) is 10.9. The van der Waals surface area contributed by atoms with Crippen LogP contribution in [-0.4, -0.2) is 31.7 Å². The molecule has 1 fully saturated rings. The molecule has 102 valence electrons. The van der Waals surface area contributed by atoms with Crippen LogP contribution in [0.15, 0.2) is 18.2 Å². The Bertz CT molecular complexity index is 501. The van der Waals surface area contributed by atoms with Crippen LogP contribution in [-0.2, 0) is 4.79 Å². The lowest BCUT2D eigenvalue weighted by Gasteiger charge is -2.17. The summed E-state index contributed by atoms with van der Waals surface area (Å²) in [6.45, 7) is 4.81. The van der Waals surface area contributed by atoms with Crippen molar-refractivity contribution in [3.63, 3.8) is 0 Å². The third-order valence-corrected chi connectivity index (χ3v) is 2.63. The van der Waals surface area contributed by atoms with E-state index in [0.717, 1.165) is 0 Å². The fourth-order valence-electron chi connectivity index (χ4n) is 1.86. The van der Waals surface area contributed by atoms with Crippen LogP contribution in [0.5, 0.6) is 11.5 Å². The molecular formula is C13H16N2O4. The Hall–Kier alpha value is -2.24. The predicted octanol–water partition coefficient (Wildman–Crippen LogP) is 1.54. The number of hydrogen-bond acceptors (Lipinski definition) is 4. The molecule has 0 radical (unpaired) electrons. The summed E-state index contributed by atoms with van der Waals surface area (Å²) in [7, 11) is 0. The highest BCUT2D eigenvalue weighted by atomic mass is 16.5. The van der Waals surface area contributed by atoms with Crippen molar-refractivity contribution in [2.24, 2.45) is 0 Å². The van der Waals surface area contributed by atoms with Crippen LogP contribution in [0.2, 0.25) is 0 Å². The summed E-state index contributed by atoms with van der Waals surface area (Å²) < 4.78 is 10.9. The van der Waals surface area contributed by atoms with Gasteiger partial charge in [-0.2, -0.15) is 0 Å². The number of imide groups is 1. The first-order valence-electron chi connectivity index (χ1n) is 6.16. The van der Waals surface area contributed by atoms with E-state index < -0.39 is 6.03 Å². The number of ether oxygens (including phenoxy) is 2. The van der Waals surface area contributed by atoms with Gasteiger partial charge in [0.2, 0.25) is 5.91 Å². The molecule has 1 heterocycles. The van der Waals surface area contributed by atoms with E-state index >= 15 is 0 Å². The first-order valence-corrected chi connectivity index (χ1v) is 6.16. The zero-order valence-corrected chi connectivity index (χ0v) is 10.9. The van der Waals surface area contributed by atoms with Gasteiger partial charge in [-0.1, -0.05) is 0 Å². The van der Waals surface area contributed by atoms with E-state index in [1.807, 2.05) is 13.8 Å². The normalized spacial score (nSPS) is 14.5. The number of amides is 3. The Labute approximate surface area is 111 Å². The van der Waals surface area contributed by atoms with Gasteiger partial charge in [-0.05, 0) is 26.0 Å². The van der Waals surface area contributed by atoms with E-state index in [-0.39, 0.29) is 12.5 Å². The highest BCUT2D eigenvalue weighted by Crippen LogP contribution is 2.32. The van der Waals surface area contributed by atoms with Crippen LogP contribution < -0.4 is 19.7 Å². The largest absolute Gasteiger partial charge is 0.490 e. The highest BCUT2D eigenvalue weighted by Gasteiger charge is 2.28. The predicted molar refractivity (Wildman–Crippen MR) is 69.7 cm³/mol. The minimum absolute atomic E-state index is 0.0262. The quantitative estimate of drug-likeness (QED) is 0.819. The van der Waals surface area contributed by atoms with E-state index in [4.69, 9.17) is 9.47 Å². The SMILES string of the molecule is CCOc1ccc(N2CC(=O)NC2=O)cc1OCC. The van der Waals surface area contributed by atoms with Crippen molar-refractivity contribution >= 4 is 17.6 Å². The maximum absolute atomic E-state index is 11.6. The fraction of sp³-hybridized carbons (Fsp3) is 0.385. The number of anilines is 1. The lowest BCUT2D eigenvalue weighted by molar-refractivity contribution is -0.117. The van der Waals surface area contributed by atoms with Crippen molar-refractivity contribution in [2.45, 2.75) is 13.8 Å². The Kier molecular flexibility index (Phi) is 3.89. The molecule has 6 nitrogen and oxygen atoms in total. The number of nitrogens with one attached hydrogen (secondary N) is 1. The van der Waals surface area contributed by atoms with Crippen molar-refractivity contribution in [3.05, 3.63) is 18.2 Å². The summed E-state index contributed by atoms with van der Waals surface area (Å²) in [6, 6.07) is 4.75. The van der Waals surface area contributed by atoms with Gasteiger partial charge in [-0.25, -0.2) is 4.79 Å². The summed E-state index contributed by atoms with van der Waals surface area (Å²) in [5.74, 6) is 0.880. The second-order valence-corrected chi connectivity index (χ2v) is 3.94. The maximum Gasteiger partial charge on any atom is 0.329 e. The van der Waals surface area contributed by atoms with Crippen molar-refractivity contribution in [1.82, 2.24) is 5.32 Å². The molecule has 0 unspecified atom stereocenters. The minimum Gasteiger partial charge on any atom is -0.490 e. The Balaban J connectivity index is 2.29. The third kappa shape index (κ3) is 2.78. The van der Waals surface area contributed by atoms with Gasteiger partial charge in [0.05, 0.1) is 13.2 Å². The first kappa shape index (κ1) is 13.2. The van der Waals surface area contributed by atoms with E-state index in [0.29, 0.717) is 30.4 Å². The fourth-order valence-corrected chi connectivity index (χ4v) is 1.86. The molecule has 1 aliphatic rings. The van der Waals surface area contributed by atoms with Crippen LogP contribution in [0, 0.1) is 0 Å². The van der Waals surface area contributed by atoms with E-state index in [1.54, 1.807) is 18.2 Å². The van der Waals surface area contributed by atoms with Gasteiger partial charge in [0, 0.05) is 11.8 Å². The highest BCUT2D eigenvalue weighted by molar-refractivity contribution is 6.12. The zero-order chi connectivity index (χ0) is 13.8. The molecule has 0 bridgehead atoms. The number of nitrogens with zero attached hydrogens (tertiary/aromatic N) is 1. The van der Waals surface area contributed by atoms with Gasteiger partial charge in [-0.3, -0.25) is 15.0 Å². The van der Waals surface area contributed by atoms with Crippen LogP contribution in [0.4, 0.5) is 10.5 Å². The van der Waals surface area contributed by atoms with Crippen LogP contribution in [0.1, 0.15) is 13.8 Å². The molecule has 0 aromatic heterocycles. The number of benzene rings is 1. The standard InChI is InChI=1S/C13H16N2O4/c1-3-18-10-6-5-9(7-11(10)19-4-2)15-8-12(16)14-13(15)17/h5-7H,3-4,8H2,1-2H3,(H,14,16,17). The molecule has 0 aliphatic carbocycles. The number of hydrogen-bond donors (Lipinski definition) is 1. The van der Waals surface area contributed by atoms with E-state index in [2.05, 4.69) is 5.32 Å².